The SMILES string of the molecule is O=C(c1ccnc(Nc2ccc(F)c(F)c2F)n1)N1CCc2ccccc2C1. The van der Waals surface area contributed by atoms with Crippen molar-refractivity contribution in [2.24, 2.45) is 0 Å². The first kappa shape index (κ1) is 18.0. The maximum Gasteiger partial charge on any atom is 0.272 e. The van der Waals surface area contributed by atoms with Crippen LogP contribution < -0.4 is 5.32 Å². The van der Waals surface area contributed by atoms with Crippen molar-refractivity contribution in [2.75, 3.05) is 11.9 Å². The van der Waals surface area contributed by atoms with Crippen molar-refractivity contribution in [1.82, 2.24) is 14.9 Å². The van der Waals surface area contributed by atoms with E-state index in [1.54, 1.807) is 4.90 Å². The molecule has 1 aromatic heterocycles. The van der Waals surface area contributed by atoms with E-state index in [9.17, 15) is 18.0 Å². The minimum absolute atomic E-state index is 0.0897. The number of fused-ring (bicyclic) bond motifs is 1. The number of nitrogens with one attached hydrogen (secondary N) is 1. The predicted molar refractivity (Wildman–Crippen MR) is 96.5 cm³/mol. The first-order chi connectivity index (χ1) is 13.5. The van der Waals surface area contributed by atoms with Crippen LogP contribution in [0.5, 0.6) is 0 Å². The van der Waals surface area contributed by atoms with Gasteiger partial charge in [-0.05, 0) is 35.7 Å². The van der Waals surface area contributed by atoms with Crippen LogP contribution in [0.3, 0.4) is 0 Å². The number of halogens is 3. The Bertz CT molecular complexity index is 1060. The van der Waals surface area contributed by atoms with Crippen molar-refractivity contribution in [1.29, 1.82) is 0 Å². The van der Waals surface area contributed by atoms with Gasteiger partial charge in [0.25, 0.3) is 5.91 Å². The largest absolute Gasteiger partial charge is 0.333 e. The number of hydrogen-bond donors (Lipinski definition) is 1. The second-order valence-corrected chi connectivity index (χ2v) is 6.36. The van der Waals surface area contributed by atoms with Gasteiger partial charge < -0.3 is 10.2 Å². The highest BCUT2D eigenvalue weighted by Gasteiger charge is 2.23. The maximum absolute atomic E-state index is 13.8. The fraction of sp³-hybridized carbons (Fsp3) is 0.150. The third-order valence-electron chi connectivity index (χ3n) is 4.57. The molecular weight excluding hydrogens is 369 g/mol. The number of anilines is 2. The summed E-state index contributed by atoms with van der Waals surface area (Å²) in [6.45, 7) is 1.03. The lowest BCUT2D eigenvalue weighted by Gasteiger charge is -2.28. The van der Waals surface area contributed by atoms with Crippen molar-refractivity contribution in [3.05, 3.63) is 82.9 Å². The van der Waals surface area contributed by atoms with E-state index in [1.165, 1.54) is 17.8 Å². The quantitative estimate of drug-likeness (QED) is 0.698. The average molecular weight is 384 g/mol. The Morgan fingerprint density at radius 2 is 1.79 bits per heavy atom. The first-order valence-electron chi connectivity index (χ1n) is 8.62. The summed E-state index contributed by atoms with van der Waals surface area (Å²) in [5.41, 5.74) is 2.10. The fourth-order valence-corrected chi connectivity index (χ4v) is 3.11. The van der Waals surface area contributed by atoms with Gasteiger partial charge in [-0.2, -0.15) is 0 Å². The van der Waals surface area contributed by atoms with Gasteiger partial charge in [-0.1, -0.05) is 24.3 Å². The normalized spacial score (nSPS) is 13.2. The minimum atomic E-state index is -1.59. The van der Waals surface area contributed by atoms with Crippen LogP contribution in [0.25, 0.3) is 0 Å². The Balaban J connectivity index is 1.54. The van der Waals surface area contributed by atoms with E-state index < -0.39 is 17.5 Å². The van der Waals surface area contributed by atoms with Crippen molar-refractivity contribution in [2.45, 2.75) is 13.0 Å². The molecule has 5 nitrogen and oxygen atoms in total. The summed E-state index contributed by atoms with van der Waals surface area (Å²) in [6, 6.07) is 11.2. The Kier molecular flexibility index (Phi) is 4.68. The Morgan fingerprint density at radius 1 is 1.00 bits per heavy atom. The molecule has 2 heterocycles. The Hall–Kier alpha value is -3.42. The molecule has 1 aliphatic rings. The summed E-state index contributed by atoms with van der Waals surface area (Å²) < 4.78 is 40.3. The van der Waals surface area contributed by atoms with Gasteiger partial charge in [0.05, 0.1) is 5.69 Å². The van der Waals surface area contributed by atoms with E-state index in [4.69, 9.17) is 0 Å². The van der Waals surface area contributed by atoms with Crippen molar-refractivity contribution < 1.29 is 18.0 Å². The van der Waals surface area contributed by atoms with E-state index >= 15 is 0 Å². The second-order valence-electron chi connectivity index (χ2n) is 6.36. The zero-order chi connectivity index (χ0) is 19.7. The number of benzene rings is 2. The molecule has 0 bridgehead atoms. The molecule has 1 N–H and O–H groups in total. The molecule has 142 valence electrons. The molecular formula is C20H15F3N4O. The van der Waals surface area contributed by atoms with Gasteiger partial charge >= 0.3 is 0 Å². The number of carbonyl (C=O) groups excluding carboxylic acids is 1. The molecule has 8 heteroatoms. The second kappa shape index (κ2) is 7.30. The van der Waals surface area contributed by atoms with Crippen LogP contribution in [0, 0.1) is 17.5 Å². The van der Waals surface area contributed by atoms with Crippen LogP contribution in [-0.4, -0.2) is 27.3 Å². The fourth-order valence-electron chi connectivity index (χ4n) is 3.11. The van der Waals surface area contributed by atoms with E-state index in [1.807, 2.05) is 24.3 Å². The highest BCUT2D eigenvalue weighted by Crippen LogP contribution is 2.23. The van der Waals surface area contributed by atoms with E-state index in [2.05, 4.69) is 15.3 Å². The number of hydrogen-bond acceptors (Lipinski definition) is 4. The molecule has 0 aliphatic carbocycles. The summed E-state index contributed by atoms with van der Waals surface area (Å²) in [5.74, 6) is -4.64. The van der Waals surface area contributed by atoms with Crippen LogP contribution >= 0.6 is 0 Å². The molecule has 0 atom stereocenters. The highest BCUT2D eigenvalue weighted by atomic mass is 19.2. The number of aromatic nitrogens is 2. The molecule has 0 spiro atoms. The Morgan fingerprint density at radius 3 is 2.61 bits per heavy atom. The van der Waals surface area contributed by atoms with Crippen LogP contribution in [0.4, 0.5) is 24.8 Å². The molecule has 1 aliphatic heterocycles. The molecule has 0 radical (unpaired) electrons. The van der Waals surface area contributed by atoms with Gasteiger partial charge in [-0.15, -0.1) is 0 Å². The molecule has 0 unspecified atom stereocenters. The third kappa shape index (κ3) is 3.40. The molecule has 3 aromatic rings. The van der Waals surface area contributed by atoms with Crippen molar-refractivity contribution >= 4 is 17.5 Å². The molecule has 1 amide bonds. The zero-order valence-electron chi connectivity index (χ0n) is 14.6. The van der Waals surface area contributed by atoms with Crippen LogP contribution in [0.2, 0.25) is 0 Å². The lowest BCUT2D eigenvalue weighted by molar-refractivity contribution is 0.0728. The highest BCUT2D eigenvalue weighted by molar-refractivity contribution is 5.92. The maximum atomic E-state index is 13.8. The van der Waals surface area contributed by atoms with Gasteiger partial charge in [-0.3, -0.25) is 4.79 Å². The van der Waals surface area contributed by atoms with E-state index in [0.29, 0.717) is 13.1 Å². The molecule has 0 saturated heterocycles. The molecule has 4 rings (SSSR count). The summed E-state index contributed by atoms with van der Waals surface area (Å²) in [5, 5.41) is 2.48. The smallest absolute Gasteiger partial charge is 0.272 e. The molecule has 0 fully saturated rings. The molecule has 28 heavy (non-hydrogen) atoms. The summed E-state index contributed by atoms with van der Waals surface area (Å²) in [7, 11) is 0. The number of nitrogens with zero attached hydrogens (tertiary/aromatic N) is 3. The van der Waals surface area contributed by atoms with Crippen LogP contribution in [0.1, 0.15) is 21.6 Å². The number of amides is 1. The zero-order valence-corrected chi connectivity index (χ0v) is 14.6. The van der Waals surface area contributed by atoms with E-state index in [-0.39, 0.29) is 23.2 Å². The van der Waals surface area contributed by atoms with Gasteiger partial charge in [0.15, 0.2) is 17.5 Å². The predicted octanol–water partition coefficient (Wildman–Crippen LogP) is 3.84. The summed E-state index contributed by atoms with van der Waals surface area (Å²) in [4.78, 5) is 22.5. The summed E-state index contributed by atoms with van der Waals surface area (Å²) >= 11 is 0. The first-order valence-corrected chi connectivity index (χ1v) is 8.62. The van der Waals surface area contributed by atoms with Gasteiger partial charge in [0.2, 0.25) is 5.95 Å². The summed E-state index contributed by atoms with van der Waals surface area (Å²) in [6.07, 6.45) is 2.09. The van der Waals surface area contributed by atoms with Crippen molar-refractivity contribution in [3.63, 3.8) is 0 Å². The third-order valence-corrected chi connectivity index (χ3v) is 4.57. The van der Waals surface area contributed by atoms with E-state index in [0.717, 1.165) is 24.1 Å². The average Bonchev–Trinajstić information content (AvgIpc) is 2.73. The Labute approximate surface area is 158 Å². The number of rotatable bonds is 3. The lowest BCUT2D eigenvalue weighted by Crippen LogP contribution is -2.36. The van der Waals surface area contributed by atoms with Gasteiger partial charge in [-0.25, -0.2) is 23.1 Å². The van der Waals surface area contributed by atoms with Crippen LogP contribution in [0.15, 0.2) is 48.7 Å². The van der Waals surface area contributed by atoms with Crippen LogP contribution in [-0.2, 0) is 13.0 Å². The number of carbonyl (C=O) groups is 1. The minimum Gasteiger partial charge on any atom is -0.333 e. The monoisotopic (exact) mass is 384 g/mol. The standard InChI is InChI=1S/C20H15F3N4O/c21-14-5-6-15(18(23)17(14)22)25-20-24-9-7-16(26-20)19(28)27-10-8-12-3-1-2-4-13(12)11-27/h1-7,9H,8,10-11H2,(H,24,25,26). The van der Waals surface area contributed by atoms with Gasteiger partial charge in [0, 0.05) is 19.3 Å². The molecule has 2 aromatic carbocycles. The van der Waals surface area contributed by atoms with Gasteiger partial charge in [0.1, 0.15) is 5.69 Å². The van der Waals surface area contributed by atoms with Crippen molar-refractivity contribution in [3.8, 4) is 0 Å². The molecule has 0 saturated carbocycles. The lowest BCUT2D eigenvalue weighted by atomic mass is 10.00. The topological polar surface area (TPSA) is 58.1 Å².